The highest BCUT2D eigenvalue weighted by Gasteiger charge is 2.37. The van der Waals surface area contributed by atoms with Crippen LogP contribution in [0, 0.1) is 5.41 Å². The van der Waals surface area contributed by atoms with E-state index in [2.05, 4.69) is 20.8 Å². The van der Waals surface area contributed by atoms with Crippen LogP contribution in [0.5, 0.6) is 0 Å². The molecule has 0 fully saturated rings. The van der Waals surface area contributed by atoms with Crippen molar-refractivity contribution in [2.45, 2.75) is 71.8 Å². The van der Waals surface area contributed by atoms with Crippen molar-refractivity contribution in [3.8, 4) is 0 Å². The summed E-state index contributed by atoms with van der Waals surface area (Å²) in [5.74, 6) is 2.23. The van der Waals surface area contributed by atoms with Gasteiger partial charge in [-0.2, -0.15) is 0 Å². The molecule has 0 aromatic carbocycles. The van der Waals surface area contributed by atoms with E-state index in [0.717, 1.165) is 29.3 Å². The Bertz CT molecular complexity index is 371. The Morgan fingerprint density at radius 1 is 1.26 bits per heavy atom. The van der Waals surface area contributed by atoms with Crippen LogP contribution in [0.25, 0.3) is 0 Å². The highest BCUT2D eigenvalue weighted by molar-refractivity contribution is 8.04. The molecule has 0 amide bonds. The van der Waals surface area contributed by atoms with Crippen molar-refractivity contribution < 1.29 is 9.53 Å². The number of hydrogen-bond acceptors (Lipinski definition) is 3. The van der Waals surface area contributed by atoms with E-state index in [1.165, 1.54) is 25.7 Å². The molecule has 2 aliphatic rings. The van der Waals surface area contributed by atoms with Crippen molar-refractivity contribution in [3.05, 3.63) is 10.7 Å². The van der Waals surface area contributed by atoms with Crippen molar-refractivity contribution >= 4 is 17.5 Å². The summed E-state index contributed by atoms with van der Waals surface area (Å²) in [6, 6.07) is 0. The van der Waals surface area contributed by atoms with Gasteiger partial charge in [-0.05, 0) is 18.3 Å². The monoisotopic (exact) mass is 282 g/mol. The lowest BCUT2D eigenvalue weighted by Crippen LogP contribution is -2.31. The predicted molar refractivity (Wildman–Crippen MR) is 81.1 cm³/mol. The molecular weight excluding hydrogens is 256 g/mol. The second kappa shape index (κ2) is 6.34. The third-order valence-electron chi connectivity index (χ3n) is 3.89. The van der Waals surface area contributed by atoms with Crippen LogP contribution in [-0.2, 0) is 9.53 Å². The lowest BCUT2D eigenvalue weighted by Gasteiger charge is -2.36. The molecule has 0 saturated carbocycles. The van der Waals surface area contributed by atoms with Gasteiger partial charge in [-0.3, -0.25) is 4.79 Å². The molecule has 19 heavy (non-hydrogen) atoms. The molecular formula is C16H26O2S. The summed E-state index contributed by atoms with van der Waals surface area (Å²) in [4.78, 5) is 13.0. The van der Waals surface area contributed by atoms with E-state index < -0.39 is 0 Å². The van der Waals surface area contributed by atoms with E-state index >= 15 is 0 Å². The fourth-order valence-electron chi connectivity index (χ4n) is 2.86. The number of Topliss-reactive ketones (excluding diaryl/α,β-unsaturated/α-hetero) is 1. The molecule has 1 aliphatic heterocycles. The van der Waals surface area contributed by atoms with Crippen LogP contribution < -0.4 is 0 Å². The normalized spacial score (nSPS) is 26.1. The Hall–Kier alpha value is -0.440. The van der Waals surface area contributed by atoms with Gasteiger partial charge in [0.15, 0.2) is 5.78 Å². The van der Waals surface area contributed by atoms with Crippen LogP contribution in [0.1, 0.15) is 65.7 Å². The molecule has 0 spiro atoms. The van der Waals surface area contributed by atoms with Crippen molar-refractivity contribution in [2.24, 2.45) is 5.41 Å². The fraction of sp³-hybridized carbons (Fsp3) is 0.812. The molecule has 3 heteroatoms. The molecule has 0 saturated heterocycles. The molecule has 1 heterocycles. The summed E-state index contributed by atoms with van der Waals surface area (Å²) in [6.07, 6.45) is 8.20. The van der Waals surface area contributed by atoms with Crippen LogP contribution >= 0.6 is 11.8 Å². The molecule has 1 aliphatic carbocycles. The maximum absolute atomic E-state index is 12.1. The summed E-state index contributed by atoms with van der Waals surface area (Å²) >= 11 is 1.73. The predicted octanol–water partition coefficient (Wildman–Crippen LogP) is 4.69. The van der Waals surface area contributed by atoms with Gasteiger partial charge < -0.3 is 4.74 Å². The second-order valence-electron chi connectivity index (χ2n) is 6.59. The minimum Gasteiger partial charge on any atom is -0.493 e. The van der Waals surface area contributed by atoms with E-state index in [4.69, 9.17) is 4.74 Å². The Morgan fingerprint density at radius 3 is 2.79 bits per heavy atom. The number of carbonyl (C=O) groups is 1. The molecule has 0 aromatic rings. The highest BCUT2D eigenvalue weighted by atomic mass is 32.2. The van der Waals surface area contributed by atoms with Crippen molar-refractivity contribution in [2.75, 3.05) is 5.75 Å². The zero-order valence-corrected chi connectivity index (χ0v) is 13.3. The van der Waals surface area contributed by atoms with Gasteiger partial charge >= 0.3 is 0 Å². The summed E-state index contributed by atoms with van der Waals surface area (Å²) < 4.78 is 6.11. The van der Waals surface area contributed by atoms with Gasteiger partial charge in [0.25, 0.3) is 0 Å². The number of ketones is 1. The maximum Gasteiger partial charge on any atom is 0.173 e. The Balaban J connectivity index is 1.90. The van der Waals surface area contributed by atoms with Gasteiger partial charge in [-0.25, -0.2) is 0 Å². The van der Waals surface area contributed by atoms with E-state index in [1.807, 2.05) is 0 Å². The van der Waals surface area contributed by atoms with E-state index in [-0.39, 0.29) is 5.41 Å². The van der Waals surface area contributed by atoms with Crippen LogP contribution in [-0.4, -0.2) is 17.6 Å². The number of hydrogen-bond donors (Lipinski definition) is 0. The van der Waals surface area contributed by atoms with Gasteiger partial charge in [0.05, 0.1) is 4.91 Å². The quantitative estimate of drug-likeness (QED) is 0.684. The molecule has 1 unspecified atom stereocenters. The minimum absolute atomic E-state index is 0.0700. The number of thioether (sulfide) groups is 1. The SMILES string of the molecule is CCCCCCC1CSC2=C(CC(C)(C)CC2=O)O1. The first-order valence-electron chi connectivity index (χ1n) is 7.57. The van der Waals surface area contributed by atoms with Crippen LogP contribution in [0.2, 0.25) is 0 Å². The first kappa shape index (κ1) is 15.0. The maximum atomic E-state index is 12.1. The molecule has 108 valence electrons. The number of carbonyl (C=O) groups excluding carboxylic acids is 1. The molecule has 0 N–H and O–H groups in total. The topological polar surface area (TPSA) is 26.3 Å². The van der Waals surface area contributed by atoms with Gasteiger partial charge in [0.1, 0.15) is 11.9 Å². The zero-order chi connectivity index (χ0) is 13.9. The molecule has 0 radical (unpaired) electrons. The minimum atomic E-state index is 0.0700. The first-order valence-corrected chi connectivity index (χ1v) is 8.56. The zero-order valence-electron chi connectivity index (χ0n) is 12.5. The Morgan fingerprint density at radius 2 is 2.05 bits per heavy atom. The summed E-state index contributed by atoms with van der Waals surface area (Å²) in [5.41, 5.74) is 0.0700. The Labute approximate surface area is 121 Å². The summed E-state index contributed by atoms with van der Waals surface area (Å²) in [6.45, 7) is 6.56. The third kappa shape index (κ3) is 4.01. The standard InChI is InChI=1S/C16H26O2S/c1-4-5-6-7-8-12-11-19-15-13(17)9-16(2,3)10-14(15)18-12/h12H,4-11H2,1-3H3. The summed E-state index contributed by atoms with van der Waals surface area (Å²) in [5, 5.41) is 0. The van der Waals surface area contributed by atoms with Gasteiger partial charge in [0.2, 0.25) is 0 Å². The number of rotatable bonds is 5. The third-order valence-corrected chi connectivity index (χ3v) is 5.17. The molecule has 0 aromatic heterocycles. The molecule has 0 bridgehead atoms. The average Bonchev–Trinajstić information content (AvgIpc) is 2.32. The Kier molecular flexibility index (Phi) is 4.99. The fourth-order valence-corrected chi connectivity index (χ4v) is 3.96. The highest BCUT2D eigenvalue weighted by Crippen LogP contribution is 2.44. The molecule has 2 nitrogen and oxygen atoms in total. The molecule has 1 atom stereocenters. The first-order chi connectivity index (χ1) is 9.02. The largest absolute Gasteiger partial charge is 0.493 e. The smallest absolute Gasteiger partial charge is 0.173 e. The summed E-state index contributed by atoms with van der Waals surface area (Å²) in [7, 11) is 0. The number of ether oxygens (including phenoxy) is 1. The van der Waals surface area contributed by atoms with Crippen LogP contribution in [0.15, 0.2) is 10.7 Å². The van der Waals surface area contributed by atoms with Crippen molar-refractivity contribution in [3.63, 3.8) is 0 Å². The van der Waals surface area contributed by atoms with E-state index in [1.54, 1.807) is 11.8 Å². The van der Waals surface area contributed by atoms with Crippen LogP contribution in [0.3, 0.4) is 0 Å². The van der Waals surface area contributed by atoms with Gasteiger partial charge in [-0.15, -0.1) is 11.8 Å². The van der Waals surface area contributed by atoms with Gasteiger partial charge in [-0.1, -0.05) is 40.0 Å². The van der Waals surface area contributed by atoms with Gasteiger partial charge in [0, 0.05) is 18.6 Å². The average molecular weight is 282 g/mol. The second-order valence-corrected chi connectivity index (χ2v) is 7.62. The lowest BCUT2D eigenvalue weighted by molar-refractivity contribution is -0.118. The van der Waals surface area contributed by atoms with Crippen LogP contribution in [0.4, 0.5) is 0 Å². The molecule has 2 rings (SSSR count). The number of unbranched alkanes of at least 4 members (excludes halogenated alkanes) is 3. The lowest BCUT2D eigenvalue weighted by atomic mass is 9.79. The van der Waals surface area contributed by atoms with E-state index in [0.29, 0.717) is 18.3 Å². The number of allylic oxidation sites excluding steroid dienone is 2. The van der Waals surface area contributed by atoms with Crippen molar-refractivity contribution in [1.29, 1.82) is 0 Å². The van der Waals surface area contributed by atoms with E-state index in [9.17, 15) is 4.79 Å². The van der Waals surface area contributed by atoms with Crippen molar-refractivity contribution in [1.82, 2.24) is 0 Å².